The summed E-state index contributed by atoms with van der Waals surface area (Å²) < 4.78 is 0. The Hall–Kier alpha value is -0.0800. The fourth-order valence-corrected chi connectivity index (χ4v) is 1.21. The molecule has 1 aliphatic rings. The van der Waals surface area contributed by atoms with Gasteiger partial charge in [0.2, 0.25) is 0 Å². The van der Waals surface area contributed by atoms with E-state index >= 15 is 0 Å². The van der Waals surface area contributed by atoms with E-state index in [1.807, 2.05) is 0 Å². The summed E-state index contributed by atoms with van der Waals surface area (Å²) in [5.41, 5.74) is 5.73. The molecule has 1 aliphatic carbocycles. The topological polar surface area (TPSA) is 38.0 Å². The van der Waals surface area contributed by atoms with Crippen LogP contribution in [0.25, 0.3) is 0 Å². The molecule has 0 unspecified atom stereocenters. The van der Waals surface area contributed by atoms with Crippen LogP contribution in [0.2, 0.25) is 0 Å². The molecule has 3 N–H and O–H groups in total. The van der Waals surface area contributed by atoms with Crippen LogP contribution in [0.1, 0.15) is 33.1 Å². The summed E-state index contributed by atoms with van der Waals surface area (Å²) in [6.45, 7) is 5.23. The molecule has 0 amide bonds. The Balaban J connectivity index is 2.19. The Labute approximate surface area is 63.2 Å². The zero-order valence-electron chi connectivity index (χ0n) is 6.98. The molecular formula is C8H18N2. The monoisotopic (exact) mass is 142 g/mol. The molecule has 0 radical (unpaired) electrons. The van der Waals surface area contributed by atoms with Gasteiger partial charge in [0.1, 0.15) is 0 Å². The van der Waals surface area contributed by atoms with Crippen molar-refractivity contribution in [3.05, 3.63) is 0 Å². The third-order valence-electron chi connectivity index (χ3n) is 1.94. The largest absolute Gasteiger partial charge is 0.330 e. The van der Waals surface area contributed by atoms with E-state index in [4.69, 9.17) is 5.73 Å². The average Bonchev–Trinajstić information content (AvgIpc) is 2.48. The van der Waals surface area contributed by atoms with E-state index < -0.39 is 0 Å². The van der Waals surface area contributed by atoms with Crippen LogP contribution >= 0.6 is 0 Å². The van der Waals surface area contributed by atoms with Crippen molar-refractivity contribution < 1.29 is 0 Å². The van der Waals surface area contributed by atoms with Gasteiger partial charge in [0.15, 0.2) is 0 Å². The first kappa shape index (κ1) is 8.02. The van der Waals surface area contributed by atoms with Crippen LogP contribution in [0.5, 0.6) is 0 Å². The van der Waals surface area contributed by atoms with Crippen molar-refractivity contribution in [1.29, 1.82) is 0 Å². The highest BCUT2D eigenvalue weighted by atomic mass is 15.0. The zero-order chi connectivity index (χ0) is 7.61. The normalized spacial score (nSPS) is 19.5. The molecule has 0 saturated heterocycles. The van der Waals surface area contributed by atoms with Crippen LogP contribution in [0.3, 0.4) is 0 Å². The Morgan fingerprint density at radius 3 is 2.50 bits per heavy atom. The van der Waals surface area contributed by atoms with Crippen molar-refractivity contribution in [2.45, 2.75) is 44.7 Å². The lowest BCUT2D eigenvalue weighted by Crippen LogP contribution is -2.42. The quantitative estimate of drug-likeness (QED) is 0.611. The molecule has 1 fully saturated rings. The SMILES string of the molecule is CC(C)(CCN)NC1CC1. The summed E-state index contributed by atoms with van der Waals surface area (Å²) in [5, 5.41) is 3.55. The van der Waals surface area contributed by atoms with Gasteiger partial charge >= 0.3 is 0 Å². The maximum Gasteiger partial charge on any atom is 0.0139 e. The predicted octanol–water partition coefficient (Wildman–Crippen LogP) is 0.866. The number of hydrogen-bond donors (Lipinski definition) is 2. The van der Waals surface area contributed by atoms with Crippen molar-refractivity contribution in [3.8, 4) is 0 Å². The maximum atomic E-state index is 5.47. The van der Waals surface area contributed by atoms with Gasteiger partial charge in [0.05, 0.1) is 0 Å². The number of nitrogens with one attached hydrogen (secondary N) is 1. The number of nitrogens with two attached hydrogens (primary N) is 1. The van der Waals surface area contributed by atoms with Gasteiger partial charge in [-0.25, -0.2) is 0 Å². The lowest BCUT2D eigenvalue weighted by Gasteiger charge is -2.25. The highest BCUT2D eigenvalue weighted by molar-refractivity contribution is 4.89. The van der Waals surface area contributed by atoms with Crippen molar-refractivity contribution in [2.24, 2.45) is 5.73 Å². The van der Waals surface area contributed by atoms with Gasteiger partial charge in [0.25, 0.3) is 0 Å². The van der Waals surface area contributed by atoms with E-state index in [9.17, 15) is 0 Å². The number of rotatable bonds is 4. The lowest BCUT2D eigenvalue weighted by molar-refractivity contribution is 0.364. The van der Waals surface area contributed by atoms with Gasteiger partial charge in [-0.05, 0) is 39.7 Å². The molecule has 10 heavy (non-hydrogen) atoms. The molecule has 0 bridgehead atoms. The Kier molecular flexibility index (Phi) is 2.32. The highest BCUT2D eigenvalue weighted by Crippen LogP contribution is 2.23. The molecule has 0 heterocycles. The van der Waals surface area contributed by atoms with Gasteiger partial charge in [-0.3, -0.25) is 0 Å². The summed E-state index contributed by atoms with van der Waals surface area (Å²) >= 11 is 0. The maximum absolute atomic E-state index is 5.47. The van der Waals surface area contributed by atoms with Gasteiger partial charge in [-0.15, -0.1) is 0 Å². The smallest absolute Gasteiger partial charge is 0.0139 e. The Morgan fingerprint density at radius 1 is 1.50 bits per heavy atom. The first-order chi connectivity index (χ1) is 4.64. The van der Waals surface area contributed by atoms with Crippen molar-refractivity contribution in [3.63, 3.8) is 0 Å². The predicted molar refractivity (Wildman–Crippen MR) is 43.9 cm³/mol. The third kappa shape index (κ3) is 2.67. The summed E-state index contributed by atoms with van der Waals surface area (Å²) in [4.78, 5) is 0. The number of hydrogen-bond acceptors (Lipinski definition) is 2. The molecule has 0 spiro atoms. The molecule has 2 nitrogen and oxygen atoms in total. The van der Waals surface area contributed by atoms with E-state index in [-0.39, 0.29) is 5.54 Å². The van der Waals surface area contributed by atoms with Gasteiger partial charge in [0, 0.05) is 11.6 Å². The fraction of sp³-hybridized carbons (Fsp3) is 1.00. The molecule has 2 heteroatoms. The second-order valence-electron chi connectivity index (χ2n) is 3.84. The first-order valence-electron chi connectivity index (χ1n) is 4.12. The zero-order valence-corrected chi connectivity index (χ0v) is 6.98. The molecule has 60 valence electrons. The minimum atomic E-state index is 0.260. The van der Waals surface area contributed by atoms with Crippen LogP contribution < -0.4 is 11.1 Å². The van der Waals surface area contributed by atoms with Crippen LogP contribution in [0.15, 0.2) is 0 Å². The third-order valence-corrected chi connectivity index (χ3v) is 1.94. The molecule has 1 rings (SSSR count). The molecule has 0 aromatic rings. The second-order valence-corrected chi connectivity index (χ2v) is 3.84. The Bertz CT molecular complexity index is 106. The Morgan fingerprint density at radius 2 is 2.10 bits per heavy atom. The highest BCUT2D eigenvalue weighted by Gasteiger charge is 2.27. The minimum absolute atomic E-state index is 0.260. The molecule has 0 atom stereocenters. The molecule has 0 aromatic heterocycles. The van der Waals surface area contributed by atoms with Crippen LogP contribution in [-0.2, 0) is 0 Å². The van der Waals surface area contributed by atoms with Crippen molar-refractivity contribution in [1.82, 2.24) is 5.32 Å². The van der Waals surface area contributed by atoms with E-state index in [1.54, 1.807) is 0 Å². The van der Waals surface area contributed by atoms with Crippen LogP contribution in [0.4, 0.5) is 0 Å². The minimum Gasteiger partial charge on any atom is -0.330 e. The summed E-state index contributed by atoms with van der Waals surface area (Å²) in [7, 11) is 0. The van der Waals surface area contributed by atoms with E-state index in [0.29, 0.717) is 0 Å². The fourth-order valence-electron chi connectivity index (χ4n) is 1.21. The van der Waals surface area contributed by atoms with Crippen LogP contribution in [-0.4, -0.2) is 18.1 Å². The lowest BCUT2D eigenvalue weighted by atomic mass is 10.0. The molecule has 0 aliphatic heterocycles. The average molecular weight is 142 g/mol. The summed E-state index contributed by atoms with van der Waals surface area (Å²) in [6.07, 6.45) is 3.78. The summed E-state index contributed by atoms with van der Waals surface area (Å²) in [6, 6.07) is 0.793. The van der Waals surface area contributed by atoms with Crippen molar-refractivity contribution in [2.75, 3.05) is 6.54 Å². The second kappa shape index (κ2) is 2.89. The molecule has 1 saturated carbocycles. The first-order valence-corrected chi connectivity index (χ1v) is 4.12. The van der Waals surface area contributed by atoms with Gasteiger partial charge < -0.3 is 11.1 Å². The summed E-state index contributed by atoms with van der Waals surface area (Å²) in [5.74, 6) is 0. The van der Waals surface area contributed by atoms with Gasteiger partial charge in [-0.1, -0.05) is 0 Å². The molecular weight excluding hydrogens is 124 g/mol. The van der Waals surface area contributed by atoms with E-state index in [2.05, 4.69) is 19.2 Å². The van der Waals surface area contributed by atoms with E-state index in [0.717, 1.165) is 19.0 Å². The van der Waals surface area contributed by atoms with Gasteiger partial charge in [-0.2, -0.15) is 0 Å². The van der Waals surface area contributed by atoms with E-state index in [1.165, 1.54) is 12.8 Å². The van der Waals surface area contributed by atoms with Crippen LogP contribution in [0, 0.1) is 0 Å². The molecule has 0 aromatic carbocycles. The standard InChI is InChI=1S/C8H18N2/c1-8(2,5-6-9)10-7-3-4-7/h7,10H,3-6,9H2,1-2H3. The van der Waals surface area contributed by atoms with Crippen molar-refractivity contribution >= 4 is 0 Å².